The summed E-state index contributed by atoms with van der Waals surface area (Å²) in [4.78, 5) is 24.7. The van der Waals surface area contributed by atoms with Gasteiger partial charge in [0.2, 0.25) is 6.10 Å². The van der Waals surface area contributed by atoms with Crippen LogP contribution in [0.5, 0.6) is 17.2 Å². The average molecular weight is 371 g/mol. The van der Waals surface area contributed by atoms with Crippen LogP contribution in [0.15, 0.2) is 42.5 Å². The summed E-state index contributed by atoms with van der Waals surface area (Å²) >= 11 is 0. The second-order valence-electron chi connectivity index (χ2n) is 6.14. The fraction of sp³-hybridized carbons (Fsp3) is 0.300. The van der Waals surface area contributed by atoms with E-state index in [1.807, 2.05) is 19.1 Å². The Morgan fingerprint density at radius 2 is 1.93 bits per heavy atom. The van der Waals surface area contributed by atoms with Crippen LogP contribution in [0.25, 0.3) is 0 Å². The zero-order chi connectivity index (χ0) is 19.4. The number of esters is 1. The number of hydrogen-bond acceptors (Lipinski definition) is 6. The average Bonchev–Trinajstić information content (AvgIpc) is 2.67. The number of anilines is 1. The molecule has 2 aromatic carbocycles. The molecule has 7 nitrogen and oxygen atoms in total. The largest absolute Gasteiger partial charge is 0.495 e. The molecule has 3 rings (SSSR count). The van der Waals surface area contributed by atoms with Crippen molar-refractivity contribution in [3.8, 4) is 17.2 Å². The van der Waals surface area contributed by atoms with Crippen molar-refractivity contribution < 1.29 is 28.5 Å². The quantitative estimate of drug-likeness (QED) is 0.814. The molecule has 142 valence electrons. The van der Waals surface area contributed by atoms with Crippen molar-refractivity contribution in [2.45, 2.75) is 26.1 Å². The highest BCUT2D eigenvalue weighted by molar-refractivity contribution is 5.96. The molecule has 1 N–H and O–H groups in total. The first kappa shape index (κ1) is 18.6. The topological polar surface area (TPSA) is 83.1 Å². The van der Waals surface area contributed by atoms with Crippen LogP contribution in [0, 0.1) is 6.92 Å². The van der Waals surface area contributed by atoms with Gasteiger partial charge in [-0.3, -0.25) is 4.79 Å². The van der Waals surface area contributed by atoms with E-state index < -0.39 is 24.1 Å². The fourth-order valence-corrected chi connectivity index (χ4v) is 2.59. The predicted octanol–water partition coefficient (Wildman–Crippen LogP) is 2.71. The molecule has 1 aliphatic rings. The molecule has 7 heteroatoms. The second-order valence-corrected chi connectivity index (χ2v) is 6.14. The molecule has 2 aromatic rings. The molecule has 0 fully saturated rings. The molecule has 0 aromatic heterocycles. The Labute approximate surface area is 157 Å². The summed E-state index contributed by atoms with van der Waals surface area (Å²) in [5.74, 6) is 0.423. The van der Waals surface area contributed by atoms with Crippen LogP contribution < -0.4 is 19.5 Å². The van der Waals surface area contributed by atoms with Gasteiger partial charge in [-0.15, -0.1) is 0 Å². The lowest BCUT2D eigenvalue weighted by Gasteiger charge is -2.26. The smallest absolute Gasteiger partial charge is 0.351 e. The molecule has 0 aliphatic carbocycles. The number of methoxy groups -OCH3 is 1. The fourth-order valence-electron chi connectivity index (χ4n) is 2.59. The minimum absolute atomic E-state index is 0.0237. The molecule has 0 bridgehead atoms. The third-order valence-corrected chi connectivity index (χ3v) is 4.05. The number of nitrogens with one attached hydrogen (secondary N) is 1. The minimum atomic E-state index is -1.01. The molecule has 1 aliphatic heterocycles. The van der Waals surface area contributed by atoms with Gasteiger partial charge in [-0.2, -0.15) is 0 Å². The second kappa shape index (κ2) is 7.99. The number of fused-ring (bicyclic) bond motifs is 1. The highest BCUT2D eigenvalue weighted by atomic mass is 16.6. The number of benzene rings is 2. The molecule has 27 heavy (non-hydrogen) atoms. The molecule has 1 heterocycles. The number of hydrogen-bond donors (Lipinski definition) is 1. The van der Waals surface area contributed by atoms with Gasteiger partial charge in [0.25, 0.3) is 5.91 Å². The Bertz CT molecular complexity index is 850. The normalized spacial score (nSPS) is 16.2. The first-order valence-corrected chi connectivity index (χ1v) is 8.52. The van der Waals surface area contributed by atoms with Gasteiger partial charge >= 0.3 is 5.97 Å². The molecular weight excluding hydrogens is 350 g/mol. The number of para-hydroxylation sites is 2. The van der Waals surface area contributed by atoms with Crippen molar-refractivity contribution in [3.63, 3.8) is 0 Å². The van der Waals surface area contributed by atoms with E-state index in [4.69, 9.17) is 18.9 Å². The highest BCUT2D eigenvalue weighted by Crippen LogP contribution is 2.31. The van der Waals surface area contributed by atoms with Gasteiger partial charge in [0.15, 0.2) is 17.6 Å². The van der Waals surface area contributed by atoms with Gasteiger partial charge in [-0.05, 0) is 43.7 Å². The van der Waals surface area contributed by atoms with Gasteiger partial charge in [-0.25, -0.2) is 4.79 Å². The van der Waals surface area contributed by atoms with Gasteiger partial charge in [0, 0.05) is 0 Å². The highest BCUT2D eigenvalue weighted by Gasteiger charge is 2.31. The lowest BCUT2D eigenvalue weighted by atomic mass is 10.2. The van der Waals surface area contributed by atoms with E-state index in [1.54, 1.807) is 30.3 Å². The van der Waals surface area contributed by atoms with Crippen LogP contribution in [0.4, 0.5) is 5.69 Å². The summed E-state index contributed by atoms with van der Waals surface area (Å²) in [6, 6.07) is 12.5. The molecule has 0 radical (unpaired) electrons. The van der Waals surface area contributed by atoms with Crippen molar-refractivity contribution in [2.75, 3.05) is 19.0 Å². The zero-order valence-corrected chi connectivity index (χ0v) is 15.4. The predicted molar refractivity (Wildman–Crippen MR) is 98.3 cm³/mol. The zero-order valence-electron chi connectivity index (χ0n) is 15.4. The Morgan fingerprint density at radius 1 is 1.19 bits per heavy atom. The molecule has 1 amide bonds. The number of rotatable bonds is 5. The van der Waals surface area contributed by atoms with Crippen LogP contribution in [0.2, 0.25) is 0 Å². The van der Waals surface area contributed by atoms with E-state index >= 15 is 0 Å². The summed E-state index contributed by atoms with van der Waals surface area (Å²) in [5.41, 5.74) is 1.47. The number of carbonyl (C=O) groups excluding carboxylic acids is 2. The molecule has 0 saturated carbocycles. The van der Waals surface area contributed by atoms with Gasteiger partial charge in [-0.1, -0.05) is 18.2 Å². The Morgan fingerprint density at radius 3 is 2.67 bits per heavy atom. The molecular formula is C20H21NO6. The van der Waals surface area contributed by atoms with E-state index in [2.05, 4.69) is 5.32 Å². The lowest BCUT2D eigenvalue weighted by molar-refractivity contribution is -0.162. The number of ether oxygens (including phenoxy) is 4. The van der Waals surface area contributed by atoms with Crippen molar-refractivity contribution in [2.24, 2.45) is 0 Å². The summed E-state index contributed by atoms with van der Waals surface area (Å²) in [7, 11) is 1.52. The van der Waals surface area contributed by atoms with Crippen molar-refractivity contribution >= 4 is 17.6 Å². The number of carbonyl (C=O) groups is 2. The van der Waals surface area contributed by atoms with Crippen molar-refractivity contribution in [1.29, 1.82) is 0 Å². The first-order valence-electron chi connectivity index (χ1n) is 8.52. The third kappa shape index (κ3) is 4.31. The summed E-state index contributed by atoms with van der Waals surface area (Å²) in [6.45, 7) is 3.42. The van der Waals surface area contributed by atoms with Crippen molar-refractivity contribution in [1.82, 2.24) is 0 Å². The van der Waals surface area contributed by atoms with Gasteiger partial charge in [0.05, 0.1) is 12.8 Å². The third-order valence-electron chi connectivity index (χ3n) is 4.05. The van der Waals surface area contributed by atoms with Crippen LogP contribution in [0.1, 0.15) is 12.5 Å². The van der Waals surface area contributed by atoms with Crippen LogP contribution in [-0.2, 0) is 14.3 Å². The molecule has 0 spiro atoms. The maximum Gasteiger partial charge on any atom is 0.351 e. The van der Waals surface area contributed by atoms with E-state index in [-0.39, 0.29) is 6.61 Å². The standard InChI is InChI=1S/C20H21NO6/c1-12-8-9-15(24-3)14(10-12)21-19(22)13(2)26-20(23)18-11-25-16-6-4-5-7-17(16)27-18/h4-10,13,18H,11H2,1-3H3,(H,21,22)/t13-,18+/m1/s1. The maximum absolute atomic E-state index is 12.4. The SMILES string of the molecule is COc1ccc(C)cc1NC(=O)[C@@H](C)OC(=O)[C@@H]1COc2ccccc2O1. The van der Waals surface area contributed by atoms with E-state index in [0.717, 1.165) is 5.56 Å². The number of amides is 1. The maximum atomic E-state index is 12.4. The lowest BCUT2D eigenvalue weighted by Crippen LogP contribution is -2.41. The first-order chi connectivity index (χ1) is 13.0. The van der Waals surface area contributed by atoms with E-state index in [0.29, 0.717) is 22.9 Å². The molecule has 0 saturated heterocycles. The van der Waals surface area contributed by atoms with Crippen LogP contribution in [0.3, 0.4) is 0 Å². The van der Waals surface area contributed by atoms with Gasteiger partial charge in [0.1, 0.15) is 12.4 Å². The van der Waals surface area contributed by atoms with Gasteiger partial charge < -0.3 is 24.3 Å². The molecule has 0 unspecified atom stereocenters. The Hall–Kier alpha value is -3.22. The van der Waals surface area contributed by atoms with E-state index in [9.17, 15) is 9.59 Å². The minimum Gasteiger partial charge on any atom is -0.495 e. The van der Waals surface area contributed by atoms with E-state index in [1.165, 1.54) is 14.0 Å². The number of aryl methyl sites for hydroxylation is 1. The molecule has 2 atom stereocenters. The Balaban J connectivity index is 1.60. The monoisotopic (exact) mass is 371 g/mol. The summed E-state index contributed by atoms with van der Waals surface area (Å²) in [6.07, 6.45) is -1.94. The van der Waals surface area contributed by atoms with Crippen molar-refractivity contribution in [3.05, 3.63) is 48.0 Å². The summed E-state index contributed by atoms with van der Waals surface area (Å²) in [5, 5.41) is 2.71. The summed E-state index contributed by atoms with van der Waals surface area (Å²) < 4.78 is 21.6. The van der Waals surface area contributed by atoms with Crippen LogP contribution in [-0.4, -0.2) is 37.8 Å². The Kier molecular flexibility index (Phi) is 5.49. The van der Waals surface area contributed by atoms with Crippen LogP contribution >= 0.6 is 0 Å².